The largest absolute Gasteiger partial charge is 0.426 e. The summed E-state index contributed by atoms with van der Waals surface area (Å²) in [5.74, 6) is 0.0494. The van der Waals surface area contributed by atoms with Crippen molar-refractivity contribution in [3.8, 4) is 5.75 Å². The molecule has 5 nitrogen and oxygen atoms in total. The van der Waals surface area contributed by atoms with E-state index in [1.807, 2.05) is 63.2 Å². The minimum atomic E-state index is -3.51. The van der Waals surface area contributed by atoms with Crippen molar-refractivity contribution in [2.75, 3.05) is 13.1 Å². The van der Waals surface area contributed by atoms with E-state index in [4.69, 9.17) is 4.74 Å². The van der Waals surface area contributed by atoms with E-state index in [1.165, 1.54) is 9.71 Å². The number of esters is 1. The van der Waals surface area contributed by atoms with Crippen molar-refractivity contribution in [2.45, 2.75) is 33.6 Å². The summed E-state index contributed by atoms with van der Waals surface area (Å²) in [5, 5.41) is 1.24. The minimum Gasteiger partial charge on any atom is -0.426 e. The summed E-state index contributed by atoms with van der Waals surface area (Å²) in [5.41, 5.74) is 3.79. The van der Waals surface area contributed by atoms with Crippen molar-refractivity contribution in [1.82, 2.24) is 4.31 Å². The maximum Gasteiger partial charge on any atom is 0.314 e. The molecule has 0 aliphatic carbocycles. The second-order valence-corrected chi connectivity index (χ2v) is 9.32. The predicted molar refractivity (Wildman–Crippen MR) is 115 cm³/mol. The van der Waals surface area contributed by atoms with Gasteiger partial charge in [-0.1, -0.05) is 42.5 Å². The van der Waals surface area contributed by atoms with E-state index in [0.29, 0.717) is 31.7 Å². The van der Waals surface area contributed by atoms with Crippen LogP contribution in [0.3, 0.4) is 0 Å². The van der Waals surface area contributed by atoms with Gasteiger partial charge in [-0.3, -0.25) is 4.79 Å². The molecule has 6 heteroatoms. The van der Waals surface area contributed by atoms with Gasteiger partial charge in [-0.05, 0) is 61.9 Å². The Hall–Kier alpha value is -2.44. The number of benzene rings is 2. The average Bonchev–Trinajstić information content (AvgIpc) is 2.73. The molecule has 0 N–H and O–H groups in total. The quantitative estimate of drug-likeness (QED) is 0.544. The number of sulfonamides is 1. The Bertz CT molecular complexity index is 1000. The predicted octanol–water partition coefficient (Wildman–Crippen LogP) is 4.23. The maximum absolute atomic E-state index is 12.6. The van der Waals surface area contributed by atoms with E-state index in [9.17, 15) is 13.2 Å². The van der Waals surface area contributed by atoms with E-state index in [0.717, 1.165) is 22.3 Å². The summed E-state index contributed by atoms with van der Waals surface area (Å²) in [7, 11) is -3.51. The number of nitrogens with zero attached hydrogens (tertiary/aromatic N) is 1. The highest BCUT2D eigenvalue weighted by Gasteiger charge is 2.31. The van der Waals surface area contributed by atoms with Crippen LogP contribution in [0.1, 0.15) is 35.1 Å². The molecular weight excluding hydrogens is 386 g/mol. The van der Waals surface area contributed by atoms with Crippen LogP contribution in [-0.4, -0.2) is 31.8 Å². The highest BCUT2D eigenvalue weighted by Crippen LogP contribution is 2.28. The molecule has 0 saturated carbocycles. The third-order valence-corrected chi connectivity index (χ3v) is 7.02. The highest BCUT2D eigenvalue weighted by molar-refractivity contribution is 7.92. The van der Waals surface area contributed by atoms with Crippen molar-refractivity contribution in [3.05, 3.63) is 70.1 Å². The smallest absolute Gasteiger partial charge is 0.314 e. The Morgan fingerprint density at radius 3 is 2.28 bits per heavy atom. The molecule has 1 heterocycles. The van der Waals surface area contributed by atoms with E-state index in [1.54, 1.807) is 6.08 Å². The summed E-state index contributed by atoms with van der Waals surface area (Å²) in [4.78, 5) is 12.6. The van der Waals surface area contributed by atoms with Crippen molar-refractivity contribution in [2.24, 2.45) is 5.92 Å². The fraction of sp³-hybridized carbons (Fsp3) is 0.348. The Balaban J connectivity index is 1.61. The monoisotopic (exact) mass is 413 g/mol. The number of carbonyl (C=O) groups is 1. The van der Waals surface area contributed by atoms with Gasteiger partial charge in [0.2, 0.25) is 10.0 Å². The number of piperidine rings is 1. The molecule has 0 unspecified atom stereocenters. The number of hydrogen-bond donors (Lipinski definition) is 0. The summed E-state index contributed by atoms with van der Waals surface area (Å²) in [6.07, 6.45) is 2.52. The van der Waals surface area contributed by atoms with Gasteiger partial charge in [-0.15, -0.1) is 0 Å². The molecule has 1 fully saturated rings. The Morgan fingerprint density at radius 2 is 1.62 bits per heavy atom. The molecule has 1 saturated heterocycles. The standard InChI is InChI=1S/C23H27NO4S/c1-17-9-10-18(2)22(19(17)3)28-23(25)21-11-14-24(15-12-21)29(26,27)16-13-20-7-5-4-6-8-20/h4-10,13,16,21H,11-12,14-15H2,1-3H3/b16-13+. The van der Waals surface area contributed by atoms with Crippen LogP contribution < -0.4 is 4.74 Å². The fourth-order valence-electron chi connectivity index (χ4n) is 3.43. The van der Waals surface area contributed by atoms with Crippen molar-refractivity contribution in [3.63, 3.8) is 0 Å². The highest BCUT2D eigenvalue weighted by atomic mass is 32.2. The van der Waals surface area contributed by atoms with Gasteiger partial charge in [0, 0.05) is 18.5 Å². The zero-order valence-corrected chi connectivity index (χ0v) is 17.9. The van der Waals surface area contributed by atoms with Crippen LogP contribution in [0.5, 0.6) is 5.75 Å². The van der Waals surface area contributed by atoms with Gasteiger partial charge < -0.3 is 4.74 Å². The Kier molecular flexibility index (Phi) is 6.55. The van der Waals surface area contributed by atoms with Gasteiger partial charge in [0.1, 0.15) is 5.75 Å². The summed E-state index contributed by atoms with van der Waals surface area (Å²) in [6, 6.07) is 13.3. The number of ether oxygens (including phenoxy) is 1. The van der Waals surface area contributed by atoms with Crippen LogP contribution in [0.2, 0.25) is 0 Å². The van der Waals surface area contributed by atoms with Crippen molar-refractivity contribution >= 4 is 22.1 Å². The van der Waals surface area contributed by atoms with Crippen LogP contribution >= 0.6 is 0 Å². The fourth-order valence-corrected chi connectivity index (χ4v) is 4.65. The maximum atomic E-state index is 12.6. The Morgan fingerprint density at radius 1 is 1.00 bits per heavy atom. The van der Waals surface area contributed by atoms with Crippen LogP contribution in [0.15, 0.2) is 47.9 Å². The molecule has 1 aliphatic heterocycles. The lowest BCUT2D eigenvalue weighted by molar-refractivity contribution is -0.140. The number of aryl methyl sites for hydroxylation is 2. The first-order valence-electron chi connectivity index (χ1n) is 9.79. The zero-order valence-electron chi connectivity index (χ0n) is 17.1. The first-order valence-corrected chi connectivity index (χ1v) is 11.3. The molecule has 2 aromatic rings. The molecule has 0 amide bonds. The van der Waals surface area contributed by atoms with E-state index in [-0.39, 0.29) is 11.9 Å². The minimum absolute atomic E-state index is 0.279. The van der Waals surface area contributed by atoms with Gasteiger partial charge in [0.15, 0.2) is 0 Å². The molecule has 29 heavy (non-hydrogen) atoms. The first-order chi connectivity index (χ1) is 13.8. The molecule has 0 spiro atoms. The lowest BCUT2D eigenvalue weighted by atomic mass is 9.98. The molecule has 0 aromatic heterocycles. The molecule has 2 aromatic carbocycles. The molecule has 1 aliphatic rings. The number of carbonyl (C=O) groups excluding carboxylic acids is 1. The van der Waals surface area contributed by atoms with E-state index >= 15 is 0 Å². The molecule has 154 valence electrons. The van der Waals surface area contributed by atoms with Crippen LogP contribution in [-0.2, 0) is 14.8 Å². The third-order valence-electron chi connectivity index (χ3n) is 5.46. The number of hydrogen-bond acceptors (Lipinski definition) is 4. The van der Waals surface area contributed by atoms with Crippen LogP contribution in [0.4, 0.5) is 0 Å². The van der Waals surface area contributed by atoms with E-state index < -0.39 is 10.0 Å². The summed E-state index contributed by atoms with van der Waals surface area (Å²) < 4.78 is 32.3. The molecule has 0 bridgehead atoms. The molecule has 0 atom stereocenters. The third kappa shape index (κ3) is 5.14. The van der Waals surface area contributed by atoms with Gasteiger partial charge >= 0.3 is 5.97 Å². The lowest BCUT2D eigenvalue weighted by Gasteiger charge is -2.29. The second-order valence-electron chi connectivity index (χ2n) is 7.51. The first kappa shape index (κ1) is 21.3. The van der Waals surface area contributed by atoms with Crippen LogP contribution in [0.25, 0.3) is 6.08 Å². The summed E-state index contributed by atoms with van der Waals surface area (Å²) in [6.45, 7) is 6.47. The SMILES string of the molecule is Cc1ccc(C)c(OC(=O)C2CCN(S(=O)(=O)/C=C/c3ccccc3)CC2)c1C. The normalized spacial score (nSPS) is 16.2. The van der Waals surface area contributed by atoms with Gasteiger partial charge in [0.25, 0.3) is 0 Å². The van der Waals surface area contributed by atoms with Crippen molar-refractivity contribution in [1.29, 1.82) is 0 Å². The lowest BCUT2D eigenvalue weighted by Crippen LogP contribution is -2.40. The molecular formula is C23H27NO4S. The van der Waals surface area contributed by atoms with Gasteiger partial charge in [-0.25, -0.2) is 8.42 Å². The van der Waals surface area contributed by atoms with Crippen molar-refractivity contribution < 1.29 is 17.9 Å². The van der Waals surface area contributed by atoms with E-state index in [2.05, 4.69) is 0 Å². The zero-order chi connectivity index (χ0) is 21.0. The number of rotatable bonds is 5. The molecule has 3 rings (SSSR count). The average molecular weight is 414 g/mol. The second kappa shape index (κ2) is 8.93. The van der Waals surface area contributed by atoms with Crippen LogP contribution in [0, 0.1) is 26.7 Å². The Labute approximate surface area is 173 Å². The van der Waals surface area contributed by atoms with Gasteiger partial charge in [0.05, 0.1) is 5.92 Å². The summed E-state index contributed by atoms with van der Waals surface area (Å²) >= 11 is 0. The molecule has 0 radical (unpaired) electrons. The van der Waals surface area contributed by atoms with Gasteiger partial charge in [-0.2, -0.15) is 4.31 Å². The topological polar surface area (TPSA) is 63.7 Å².